The zero-order chi connectivity index (χ0) is 22.7. The van der Waals surface area contributed by atoms with Gasteiger partial charge in [0.15, 0.2) is 5.82 Å². The number of amides is 3. The zero-order valence-electron chi connectivity index (χ0n) is 17.2. The molecule has 0 saturated heterocycles. The minimum atomic E-state index is -0.536. The number of fused-ring (bicyclic) bond motifs is 1. The Balaban J connectivity index is 1.41. The molecule has 0 aliphatic heterocycles. The van der Waals surface area contributed by atoms with Crippen LogP contribution in [0.1, 0.15) is 21.5 Å². The molecule has 0 bridgehead atoms. The molecule has 0 spiro atoms. The van der Waals surface area contributed by atoms with Gasteiger partial charge in [0.2, 0.25) is 0 Å². The van der Waals surface area contributed by atoms with Crippen molar-refractivity contribution >= 4 is 40.0 Å². The van der Waals surface area contributed by atoms with Crippen molar-refractivity contribution in [2.45, 2.75) is 13.5 Å². The quantitative estimate of drug-likeness (QED) is 0.325. The van der Waals surface area contributed by atoms with Gasteiger partial charge in [-0.3, -0.25) is 9.89 Å². The molecule has 9 heteroatoms. The van der Waals surface area contributed by atoms with Crippen LogP contribution in [0.25, 0.3) is 10.9 Å². The number of nitrogens with zero attached hydrogens (tertiary/aromatic N) is 1. The number of rotatable bonds is 5. The van der Waals surface area contributed by atoms with Crippen molar-refractivity contribution in [3.8, 4) is 0 Å². The summed E-state index contributed by atoms with van der Waals surface area (Å²) >= 11 is 0. The first kappa shape index (κ1) is 20.9. The molecule has 0 fully saturated rings. The summed E-state index contributed by atoms with van der Waals surface area (Å²) in [6, 6.07) is 16.2. The van der Waals surface area contributed by atoms with Gasteiger partial charge in [-0.05, 0) is 54.4 Å². The molecule has 1 aromatic heterocycles. The van der Waals surface area contributed by atoms with E-state index in [-0.39, 0.29) is 24.0 Å². The molecule has 32 heavy (non-hydrogen) atoms. The smallest absolute Gasteiger partial charge is 0.319 e. The number of anilines is 3. The standard InChI is InChI=1S/C23H21FN6O2/c1-13-8-9-17(24)19(10-13)28-23(32)26-12-14-4-2-5-15(11-14)27-22(31)16-6-3-7-18-20(16)21(25)30-29-18/h2-11H,12H2,1H3,(H,27,31)(H3,25,29,30)(H2,26,28,32). The molecule has 3 amide bonds. The van der Waals surface area contributed by atoms with Gasteiger partial charge in [-0.15, -0.1) is 0 Å². The molecule has 6 N–H and O–H groups in total. The van der Waals surface area contributed by atoms with Crippen LogP contribution < -0.4 is 21.7 Å². The van der Waals surface area contributed by atoms with Gasteiger partial charge >= 0.3 is 6.03 Å². The number of carbonyl (C=O) groups is 2. The summed E-state index contributed by atoms with van der Waals surface area (Å²) in [4.78, 5) is 24.9. The number of aromatic nitrogens is 2. The molecule has 0 atom stereocenters. The molecule has 162 valence electrons. The Hall–Kier alpha value is -4.40. The van der Waals surface area contributed by atoms with Crippen molar-refractivity contribution in [3.05, 3.63) is 83.2 Å². The first-order valence-corrected chi connectivity index (χ1v) is 9.84. The second-order valence-corrected chi connectivity index (χ2v) is 7.28. The molecule has 8 nitrogen and oxygen atoms in total. The third-order valence-corrected chi connectivity index (χ3v) is 4.87. The van der Waals surface area contributed by atoms with E-state index in [9.17, 15) is 14.0 Å². The van der Waals surface area contributed by atoms with Crippen LogP contribution >= 0.6 is 0 Å². The number of hydrogen-bond donors (Lipinski definition) is 5. The number of aromatic amines is 1. The van der Waals surface area contributed by atoms with E-state index >= 15 is 0 Å². The molecule has 0 saturated carbocycles. The Labute approximate surface area is 183 Å². The summed E-state index contributed by atoms with van der Waals surface area (Å²) < 4.78 is 13.8. The topological polar surface area (TPSA) is 125 Å². The highest BCUT2D eigenvalue weighted by atomic mass is 19.1. The van der Waals surface area contributed by atoms with E-state index in [0.717, 1.165) is 11.1 Å². The van der Waals surface area contributed by atoms with E-state index in [1.807, 2.05) is 6.92 Å². The predicted molar refractivity (Wildman–Crippen MR) is 122 cm³/mol. The van der Waals surface area contributed by atoms with Crippen LogP contribution in [0.3, 0.4) is 0 Å². The molecule has 0 aliphatic carbocycles. The highest BCUT2D eigenvalue weighted by Crippen LogP contribution is 2.23. The minimum absolute atomic E-state index is 0.108. The number of hydrogen-bond acceptors (Lipinski definition) is 4. The van der Waals surface area contributed by atoms with Gasteiger partial charge in [-0.2, -0.15) is 5.10 Å². The summed E-state index contributed by atoms with van der Waals surface area (Å²) in [6.07, 6.45) is 0. The summed E-state index contributed by atoms with van der Waals surface area (Å²) in [5.74, 6) is -0.593. The van der Waals surface area contributed by atoms with Crippen LogP contribution in [0.2, 0.25) is 0 Å². The van der Waals surface area contributed by atoms with Gasteiger partial charge in [0, 0.05) is 12.2 Å². The van der Waals surface area contributed by atoms with Crippen LogP contribution in [0.5, 0.6) is 0 Å². The van der Waals surface area contributed by atoms with E-state index < -0.39 is 11.8 Å². The molecular formula is C23H21FN6O2. The number of halogens is 1. The monoisotopic (exact) mass is 432 g/mol. The fourth-order valence-electron chi connectivity index (χ4n) is 3.33. The Morgan fingerprint density at radius 1 is 1.06 bits per heavy atom. The summed E-state index contributed by atoms with van der Waals surface area (Å²) in [5, 5.41) is 15.3. The predicted octanol–water partition coefficient (Wildman–Crippen LogP) is 4.17. The summed E-state index contributed by atoms with van der Waals surface area (Å²) in [7, 11) is 0. The van der Waals surface area contributed by atoms with Crippen LogP contribution in [0.15, 0.2) is 60.7 Å². The van der Waals surface area contributed by atoms with Gasteiger partial charge in [0.1, 0.15) is 5.82 Å². The zero-order valence-corrected chi connectivity index (χ0v) is 17.2. The van der Waals surface area contributed by atoms with Gasteiger partial charge in [-0.1, -0.05) is 24.3 Å². The van der Waals surface area contributed by atoms with Gasteiger partial charge in [0.05, 0.1) is 22.2 Å². The summed E-state index contributed by atoms with van der Waals surface area (Å²) in [5.41, 5.74) is 9.20. The van der Waals surface area contributed by atoms with Crippen molar-refractivity contribution < 1.29 is 14.0 Å². The molecular weight excluding hydrogens is 411 g/mol. The summed E-state index contributed by atoms with van der Waals surface area (Å²) in [6.45, 7) is 2.00. The molecule has 1 heterocycles. The number of benzene rings is 3. The van der Waals surface area contributed by atoms with Crippen molar-refractivity contribution in [2.24, 2.45) is 0 Å². The van der Waals surface area contributed by atoms with E-state index in [4.69, 9.17) is 5.73 Å². The Bertz CT molecular complexity index is 1320. The Morgan fingerprint density at radius 3 is 2.72 bits per heavy atom. The van der Waals surface area contributed by atoms with Crippen molar-refractivity contribution in [1.29, 1.82) is 0 Å². The number of aryl methyl sites for hydroxylation is 1. The number of H-pyrrole nitrogens is 1. The Kier molecular flexibility index (Phi) is 5.71. The lowest BCUT2D eigenvalue weighted by Crippen LogP contribution is -2.28. The molecule has 0 unspecified atom stereocenters. The van der Waals surface area contributed by atoms with E-state index in [1.54, 1.807) is 54.6 Å². The number of carbonyl (C=O) groups excluding carboxylic acids is 2. The number of nitrogens with two attached hydrogens (primary N) is 1. The number of nitrogen functional groups attached to an aromatic ring is 1. The molecule has 3 aromatic carbocycles. The average molecular weight is 432 g/mol. The van der Waals surface area contributed by atoms with E-state index in [0.29, 0.717) is 22.2 Å². The maximum atomic E-state index is 13.8. The third kappa shape index (κ3) is 4.51. The molecule has 0 aliphatic rings. The Morgan fingerprint density at radius 2 is 1.88 bits per heavy atom. The fourth-order valence-corrected chi connectivity index (χ4v) is 3.33. The van der Waals surface area contributed by atoms with Crippen LogP contribution in [0.4, 0.5) is 26.4 Å². The van der Waals surface area contributed by atoms with Crippen LogP contribution in [0, 0.1) is 12.7 Å². The van der Waals surface area contributed by atoms with Crippen LogP contribution in [-0.2, 0) is 6.54 Å². The van der Waals surface area contributed by atoms with E-state index in [2.05, 4.69) is 26.1 Å². The number of nitrogens with one attached hydrogen (secondary N) is 4. The highest BCUT2D eigenvalue weighted by molar-refractivity contribution is 6.14. The maximum Gasteiger partial charge on any atom is 0.319 e. The molecule has 0 radical (unpaired) electrons. The first-order chi connectivity index (χ1) is 15.4. The van der Waals surface area contributed by atoms with E-state index in [1.165, 1.54) is 6.07 Å². The lowest BCUT2D eigenvalue weighted by molar-refractivity contribution is 0.102. The lowest BCUT2D eigenvalue weighted by atomic mass is 10.1. The highest BCUT2D eigenvalue weighted by Gasteiger charge is 2.15. The molecule has 4 rings (SSSR count). The second kappa shape index (κ2) is 8.76. The largest absolute Gasteiger partial charge is 0.382 e. The van der Waals surface area contributed by atoms with Gasteiger partial charge < -0.3 is 21.7 Å². The van der Waals surface area contributed by atoms with Crippen molar-refractivity contribution in [3.63, 3.8) is 0 Å². The third-order valence-electron chi connectivity index (χ3n) is 4.87. The number of urea groups is 1. The van der Waals surface area contributed by atoms with Crippen LogP contribution in [-0.4, -0.2) is 22.1 Å². The maximum absolute atomic E-state index is 13.8. The normalized spacial score (nSPS) is 10.7. The van der Waals surface area contributed by atoms with Crippen molar-refractivity contribution in [2.75, 3.05) is 16.4 Å². The average Bonchev–Trinajstić information content (AvgIpc) is 3.16. The fraction of sp³-hybridized carbons (Fsp3) is 0.0870. The van der Waals surface area contributed by atoms with Gasteiger partial charge in [-0.25, -0.2) is 9.18 Å². The van der Waals surface area contributed by atoms with Gasteiger partial charge in [0.25, 0.3) is 5.91 Å². The van der Waals surface area contributed by atoms with Crippen molar-refractivity contribution in [1.82, 2.24) is 15.5 Å². The lowest BCUT2D eigenvalue weighted by Gasteiger charge is -2.11. The minimum Gasteiger partial charge on any atom is -0.382 e. The SMILES string of the molecule is Cc1ccc(F)c(NC(=O)NCc2cccc(NC(=O)c3cccc4[nH]nc(N)c34)c2)c1. The second-order valence-electron chi connectivity index (χ2n) is 7.28. The molecule has 4 aromatic rings. The first-order valence-electron chi connectivity index (χ1n) is 9.84.